The number of esters is 1. The molecule has 1 N–H and O–H groups in total. The predicted octanol–water partition coefficient (Wildman–Crippen LogP) is 3.43. The van der Waals surface area contributed by atoms with Gasteiger partial charge in [0.25, 0.3) is 0 Å². The number of benzene rings is 2. The van der Waals surface area contributed by atoms with Crippen LogP contribution in [0.15, 0.2) is 42.5 Å². The first kappa shape index (κ1) is 19.5. The highest BCUT2D eigenvalue weighted by Crippen LogP contribution is 2.24. The summed E-state index contributed by atoms with van der Waals surface area (Å²) in [6.45, 7) is 3.07. The van der Waals surface area contributed by atoms with E-state index in [-0.39, 0.29) is 18.4 Å². The second-order valence-electron chi connectivity index (χ2n) is 5.65. The monoisotopic (exact) mass is 374 g/mol. The first-order valence-corrected chi connectivity index (χ1v) is 8.22. The van der Waals surface area contributed by atoms with Gasteiger partial charge in [0.15, 0.2) is 0 Å². The summed E-state index contributed by atoms with van der Waals surface area (Å²) >= 11 is 6.01. The van der Waals surface area contributed by atoms with Crippen molar-refractivity contribution < 1.29 is 19.1 Å². The third kappa shape index (κ3) is 4.83. The van der Waals surface area contributed by atoms with Gasteiger partial charge in [-0.1, -0.05) is 17.7 Å². The number of hydrogen-bond donors (Lipinski definition) is 1. The van der Waals surface area contributed by atoms with Crippen LogP contribution in [0.2, 0.25) is 5.02 Å². The van der Waals surface area contributed by atoms with E-state index in [2.05, 4.69) is 10.1 Å². The number of halogens is 1. The molecule has 0 aliphatic rings. The fraction of sp³-hybridized carbons (Fsp3) is 0.211. The molecule has 0 heterocycles. The van der Waals surface area contributed by atoms with Gasteiger partial charge in [-0.25, -0.2) is 4.79 Å². The van der Waals surface area contributed by atoms with Crippen LogP contribution in [0.3, 0.4) is 0 Å². The average Bonchev–Trinajstić information content (AvgIpc) is 2.61. The van der Waals surface area contributed by atoms with Gasteiger partial charge in [-0.15, -0.1) is 0 Å². The minimum atomic E-state index is -0.456. The molecule has 26 heavy (non-hydrogen) atoms. The molecular formula is C19H19ClN2O4. The van der Waals surface area contributed by atoms with Crippen molar-refractivity contribution in [2.45, 2.75) is 13.8 Å². The summed E-state index contributed by atoms with van der Waals surface area (Å²) in [4.78, 5) is 37.1. The minimum Gasteiger partial charge on any atom is -0.465 e. The summed E-state index contributed by atoms with van der Waals surface area (Å²) in [5.74, 6) is -1.10. The molecule has 2 aromatic carbocycles. The SMILES string of the molecule is COC(=O)c1ccc(NC(=O)CN(C(C)=O)c2cc(Cl)ccc2C)cc1. The number of ether oxygens (including phenoxy) is 1. The topological polar surface area (TPSA) is 75.7 Å². The van der Waals surface area contributed by atoms with Crippen molar-refractivity contribution in [3.63, 3.8) is 0 Å². The van der Waals surface area contributed by atoms with Crippen LogP contribution in [0.1, 0.15) is 22.8 Å². The van der Waals surface area contributed by atoms with Gasteiger partial charge >= 0.3 is 5.97 Å². The molecule has 136 valence electrons. The van der Waals surface area contributed by atoms with Crippen molar-refractivity contribution in [3.05, 3.63) is 58.6 Å². The molecule has 0 aliphatic heterocycles. The second kappa shape index (κ2) is 8.49. The molecule has 2 rings (SSSR count). The van der Waals surface area contributed by atoms with Crippen LogP contribution in [-0.4, -0.2) is 31.4 Å². The summed E-state index contributed by atoms with van der Waals surface area (Å²) < 4.78 is 4.62. The van der Waals surface area contributed by atoms with Crippen LogP contribution >= 0.6 is 11.6 Å². The van der Waals surface area contributed by atoms with Crippen LogP contribution in [-0.2, 0) is 14.3 Å². The maximum atomic E-state index is 12.3. The smallest absolute Gasteiger partial charge is 0.337 e. The Morgan fingerprint density at radius 3 is 2.35 bits per heavy atom. The molecule has 0 saturated heterocycles. The Hall–Kier alpha value is -2.86. The van der Waals surface area contributed by atoms with E-state index in [1.807, 2.05) is 6.92 Å². The van der Waals surface area contributed by atoms with Crippen molar-refractivity contribution in [1.82, 2.24) is 0 Å². The standard InChI is InChI=1S/C19H19ClN2O4/c1-12-4-7-15(20)10-17(12)22(13(2)23)11-18(24)21-16-8-5-14(6-9-16)19(25)26-3/h4-10H,11H2,1-3H3,(H,21,24). The lowest BCUT2D eigenvalue weighted by Crippen LogP contribution is -2.37. The molecule has 0 unspecified atom stereocenters. The molecule has 0 radical (unpaired) electrons. The molecular weight excluding hydrogens is 356 g/mol. The van der Waals surface area contributed by atoms with Gasteiger partial charge in [0.05, 0.1) is 12.7 Å². The first-order valence-electron chi connectivity index (χ1n) is 7.84. The van der Waals surface area contributed by atoms with E-state index in [4.69, 9.17) is 11.6 Å². The maximum absolute atomic E-state index is 12.3. The van der Waals surface area contributed by atoms with Crippen LogP contribution in [0, 0.1) is 6.92 Å². The Bertz CT molecular complexity index is 834. The Morgan fingerprint density at radius 1 is 1.12 bits per heavy atom. The molecule has 0 bridgehead atoms. The van der Waals surface area contributed by atoms with Crippen molar-refractivity contribution in [3.8, 4) is 0 Å². The average molecular weight is 375 g/mol. The summed E-state index contributed by atoms with van der Waals surface area (Å²) in [5, 5.41) is 3.18. The molecule has 0 aromatic heterocycles. The molecule has 0 atom stereocenters. The third-order valence-corrected chi connectivity index (χ3v) is 3.97. The van der Waals surface area contributed by atoms with Gasteiger partial charge in [-0.05, 0) is 48.9 Å². The summed E-state index contributed by atoms with van der Waals surface area (Å²) in [6, 6.07) is 11.4. The van der Waals surface area contributed by atoms with E-state index in [0.29, 0.717) is 22.0 Å². The van der Waals surface area contributed by atoms with Crippen LogP contribution in [0.5, 0.6) is 0 Å². The van der Waals surface area contributed by atoms with Gasteiger partial charge in [0, 0.05) is 23.3 Å². The number of anilines is 2. The number of carbonyl (C=O) groups is 3. The fourth-order valence-electron chi connectivity index (χ4n) is 2.39. The molecule has 2 aromatic rings. The number of methoxy groups -OCH3 is 1. The van der Waals surface area contributed by atoms with Gasteiger partial charge in [0.2, 0.25) is 11.8 Å². The number of carbonyl (C=O) groups excluding carboxylic acids is 3. The normalized spacial score (nSPS) is 10.2. The van der Waals surface area contributed by atoms with E-state index in [1.54, 1.807) is 42.5 Å². The first-order chi connectivity index (χ1) is 12.3. The largest absolute Gasteiger partial charge is 0.465 e. The number of aryl methyl sites for hydroxylation is 1. The molecule has 0 spiro atoms. The van der Waals surface area contributed by atoms with Gasteiger partial charge in [0.1, 0.15) is 6.54 Å². The lowest BCUT2D eigenvalue weighted by atomic mass is 10.1. The van der Waals surface area contributed by atoms with Crippen molar-refractivity contribution >= 4 is 40.8 Å². The van der Waals surface area contributed by atoms with E-state index in [9.17, 15) is 14.4 Å². The zero-order valence-corrected chi connectivity index (χ0v) is 15.5. The van der Waals surface area contributed by atoms with E-state index < -0.39 is 5.97 Å². The number of rotatable bonds is 5. The lowest BCUT2D eigenvalue weighted by molar-refractivity contribution is -0.120. The molecule has 0 saturated carbocycles. The zero-order chi connectivity index (χ0) is 19.3. The van der Waals surface area contributed by atoms with Gasteiger partial charge in [-0.3, -0.25) is 9.59 Å². The van der Waals surface area contributed by atoms with E-state index in [1.165, 1.54) is 18.9 Å². The highest BCUT2D eigenvalue weighted by atomic mass is 35.5. The van der Waals surface area contributed by atoms with Crippen molar-refractivity contribution in [1.29, 1.82) is 0 Å². The number of amides is 2. The van der Waals surface area contributed by atoms with Crippen LogP contribution < -0.4 is 10.2 Å². The number of hydrogen-bond acceptors (Lipinski definition) is 4. The van der Waals surface area contributed by atoms with E-state index >= 15 is 0 Å². The minimum absolute atomic E-state index is 0.157. The lowest BCUT2D eigenvalue weighted by Gasteiger charge is -2.23. The Morgan fingerprint density at radius 2 is 1.77 bits per heavy atom. The number of nitrogens with zero attached hydrogens (tertiary/aromatic N) is 1. The second-order valence-corrected chi connectivity index (χ2v) is 6.09. The summed E-state index contributed by atoms with van der Waals surface area (Å²) in [5.41, 5.74) is 2.31. The molecule has 0 fully saturated rings. The Kier molecular flexibility index (Phi) is 6.36. The maximum Gasteiger partial charge on any atom is 0.337 e. The Balaban J connectivity index is 2.12. The molecule has 7 heteroatoms. The predicted molar refractivity (Wildman–Crippen MR) is 101 cm³/mol. The van der Waals surface area contributed by atoms with Crippen LogP contribution in [0.4, 0.5) is 11.4 Å². The third-order valence-electron chi connectivity index (χ3n) is 3.73. The quantitative estimate of drug-likeness (QED) is 0.813. The Labute approximate surface area is 156 Å². The molecule has 2 amide bonds. The highest BCUT2D eigenvalue weighted by Gasteiger charge is 2.18. The van der Waals surface area contributed by atoms with E-state index in [0.717, 1.165) is 5.56 Å². The van der Waals surface area contributed by atoms with Crippen molar-refractivity contribution in [2.24, 2.45) is 0 Å². The highest BCUT2D eigenvalue weighted by molar-refractivity contribution is 6.31. The summed E-state index contributed by atoms with van der Waals surface area (Å²) in [6.07, 6.45) is 0. The molecule has 0 aliphatic carbocycles. The van der Waals surface area contributed by atoms with Crippen molar-refractivity contribution in [2.75, 3.05) is 23.9 Å². The van der Waals surface area contributed by atoms with Crippen LogP contribution in [0.25, 0.3) is 0 Å². The number of nitrogens with one attached hydrogen (secondary N) is 1. The van der Waals surface area contributed by atoms with Gasteiger partial charge in [-0.2, -0.15) is 0 Å². The fourth-order valence-corrected chi connectivity index (χ4v) is 2.56. The summed E-state index contributed by atoms with van der Waals surface area (Å²) in [7, 11) is 1.30. The molecule has 6 nitrogen and oxygen atoms in total. The zero-order valence-electron chi connectivity index (χ0n) is 14.7. The van der Waals surface area contributed by atoms with Gasteiger partial charge < -0.3 is 15.0 Å².